The summed E-state index contributed by atoms with van der Waals surface area (Å²) in [6.45, 7) is 2.12. The van der Waals surface area contributed by atoms with E-state index >= 15 is 0 Å². The number of fused-ring (bicyclic) bond motifs is 1. The third-order valence-electron chi connectivity index (χ3n) is 1.91. The summed E-state index contributed by atoms with van der Waals surface area (Å²) in [7, 11) is 0. The van der Waals surface area contributed by atoms with Crippen LogP contribution in [-0.4, -0.2) is 5.71 Å². The first-order valence-corrected chi connectivity index (χ1v) is 3.47. The van der Waals surface area contributed by atoms with E-state index in [0.717, 1.165) is 0 Å². The van der Waals surface area contributed by atoms with E-state index in [-0.39, 0.29) is 0 Å². The van der Waals surface area contributed by atoms with Crippen LogP contribution in [0, 0.1) is 5.92 Å². The van der Waals surface area contributed by atoms with Crippen LogP contribution in [0.3, 0.4) is 0 Å². The van der Waals surface area contributed by atoms with Crippen LogP contribution in [0.2, 0.25) is 0 Å². The highest BCUT2D eigenvalue weighted by molar-refractivity contribution is 6.03. The third kappa shape index (κ3) is 0.670. The lowest BCUT2D eigenvalue weighted by Gasteiger charge is -2.09. The Labute approximate surface area is 60.5 Å². The van der Waals surface area contributed by atoms with Crippen molar-refractivity contribution in [3.63, 3.8) is 0 Å². The van der Waals surface area contributed by atoms with Gasteiger partial charge in [-0.25, -0.2) is 0 Å². The third-order valence-corrected chi connectivity index (χ3v) is 1.91. The predicted octanol–water partition coefficient (Wildman–Crippen LogP) is 2.09. The van der Waals surface area contributed by atoms with Gasteiger partial charge in [0.15, 0.2) is 0 Å². The summed E-state index contributed by atoms with van der Waals surface area (Å²) in [6.07, 6.45) is 10.3. The molecule has 10 heavy (non-hydrogen) atoms. The van der Waals surface area contributed by atoms with Crippen LogP contribution in [0.5, 0.6) is 0 Å². The summed E-state index contributed by atoms with van der Waals surface area (Å²) in [5.74, 6) is 0.477. The van der Waals surface area contributed by atoms with Gasteiger partial charge in [-0.2, -0.15) is 0 Å². The number of hydrogen-bond acceptors (Lipinski definition) is 1. The molecule has 0 aromatic carbocycles. The second-order valence-electron chi connectivity index (χ2n) is 2.65. The smallest absolute Gasteiger partial charge is 0.0513 e. The maximum atomic E-state index is 4.26. The first kappa shape index (κ1) is 5.66. The van der Waals surface area contributed by atoms with Gasteiger partial charge in [0.1, 0.15) is 0 Å². The van der Waals surface area contributed by atoms with Crippen LogP contribution < -0.4 is 0 Å². The zero-order chi connectivity index (χ0) is 6.97. The zero-order valence-electron chi connectivity index (χ0n) is 5.91. The minimum absolute atomic E-state index is 0.477. The van der Waals surface area contributed by atoms with Gasteiger partial charge in [-0.3, -0.25) is 4.99 Å². The molecule has 1 unspecified atom stereocenters. The average Bonchev–Trinajstić information content (AvgIpc) is 2.34. The van der Waals surface area contributed by atoms with Gasteiger partial charge in [0.2, 0.25) is 0 Å². The van der Waals surface area contributed by atoms with Gasteiger partial charge in [-0.1, -0.05) is 18.2 Å². The van der Waals surface area contributed by atoms with Crippen molar-refractivity contribution in [2.24, 2.45) is 10.9 Å². The second-order valence-corrected chi connectivity index (χ2v) is 2.65. The van der Waals surface area contributed by atoms with Crippen LogP contribution >= 0.6 is 0 Å². The van der Waals surface area contributed by atoms with Crippen molar-refractivity contribution in [2.45, 2.75) is 6.92 Å². The van der Waals surface area contributed by atoms with Crippen molar-refractivity contribution in [3.8, 4) is 0 Å². The van der Waals surface area contributed by atoms with Gasteiger partial charge in [0, 0.05) is 12.1 Å². The second kappa shape index (κ2) is 1.94. The Morgan fingerprint density at radius 3 is 3.10 bits per heavy atom. The lowest BCUT2D eigenvalue weighted by molar-refractivity contribution is 1.05. The summed E-state index contributed by atoms with van der Waals surface area (Å²) in [4.78, 5) is 4.26. The van der Waals surface area contributed by atoms with Gasteiger partial charge in [0.25, 0.3) is 0 Å². The Balaban J connectivity index is 2.39. The van der Waals surface area contributed by atoms with E-state index in [0.29, 0.717) is 5.92 Å². The lowest BCUT2D eigenvalue weighted by atomic mass is 9.94. The molecule has 0 fully saturated rings. The van der Waals surface area contributed by atoms with E-state index in [1.54, 1.807) is 0 Å². The minimum atomic E-state index is 0.477. The molecular weight excluding hydrogens is 122 g/mol. The Bertz CT molecular complexity index is 266. The summed E-state index contributed by atoms with van der Waals surface area (Å²) in [5.41, 5.74) is 2.52. The molecular formula is C9H9N. The van der Waals surface area contributed by atoms with Crippen LogP contribution in [-0.2, 0) is 0 Å². The molecule has 50 valence electrons. The molecule has 1 heteroatoms. The highest BCUT2D eigenvalue weighted by Gasteiger charge is 2.17. The Kier molecular flexibility index (Phi) is 1.10. The van der Waals surface area contributed by atoms with E-state index in [2.05, 4.69) is 30.1 Å². The molecule has 1 heterocycles. The van der Waals surface area contributed by atoms with E-state index in [1.165, 1.54) is 11.3 Å². The fraction of sp³-hybridized carbons (Fsp3) is 0.222. The summed E-state index contributed by atoms with van der Waals surface area (Å²) < 4.78 is 0. The zero-order valence-corrected chi connectivity index (χ0v) is 5.91. The molecule has 2 rings (SSSR count). The molecule has 0 spiro atoms. The van der Waals surface area contributed by atoms with Crippen molar-refractivity contribution in [1.29, 1.82) is 0 Å². The molecule has 0 bridgehead atoms. The minimum Gasteiger partial charge on any atom is -0.260 e. The van der Waals surface area contributed by atoms with Gasteiger partial charge in [-0.05, 0) is 18.6 Å². The van der Waals surface area contributed by atoms with Gasteiger partial charge in [0.05, 0.1) is 5.71 Å². The van der Waals surface area contributed by atoms with Crippen LogP contribution in [0.15, 0.2) is 41.1 Å². The molecule has 1 aliphatic heterocycles. The predicted molar refractivity (Wildman–Crippen MR) is 43.0 cm³/mol. The van der Waals surface area contributed by atoms with E-state index in [1.807, 2.05) is 12.3 Å². The van der Waals surface area contributed by atoms with Crippen molar-refractivity contribution in [2.75, 3.05) is 0 Å². The fourth-order valence-corrected chi connectivity index (χ4v) is 1.30. The quantitative estimate of drug-likeness (QED) is 0.477. The van der Waals surface area contributed by atoms with Crippen molar-refractivity contribution in [1.82, 2.24) is 0 Å². The molecule has 1 aliphatic carbocycles. The normalized spacial score (nSPS) is 27.9. The highest BCUT2D eigenvalue weighted by atomic mass is 14.7. The standard InChI is InChI=1S/C9H9N/c1-7-6-10-9-5-3-2-4-8(7)9/h2-6,8H,1H3. The summed E-state index contributed by atoms with van der Waals surface area (Å²) >= 11 is 0. The highest BCUT2D eigenvalue weighted by Crippen LogP contribution is 2.23. The molecule has 0 radical (unpaired) electrons. The Morgan fingerprint density at radius 2 is 2.30 bits per heavy atom. The Hall–Kier alpha value is -1.11. The SMILES string of the molecule is CC1=CN=C2C=CC=CC12. The molecule has 2 aliphatic rings. The Morgan fingerprint density at radius 1 is 1.40 bits per heavy atom. The maximum absolute atomic E-state index is 4.26. The molecule has 1 atom stereocenters. The topological polar surface area (TPSA) is 12.4 Å². The number of nitrogens with zero attached hydrogens (tertiary/aromatic N) is 1. The van der Waals surface area contributed by atoms with Crippen LogP contribution in [0.25, 0.3) is 0 Å². The van der Waals surface area contributed by atoms with E-state index in [9.17, 15) is 0 Å². The van der Waals surface area contributed by atoms with E-state index in [4.69, 9.17) is 0 Å². The van der Waals surface area contributed by atoms with Crippen LogP contribution in [0.4, 0.5) is 0 Å². The summed E-state index contributed by atoms with van der Waals surface area (Å²) in [5, 5.41) is 0. The number of hydrogen-bond donors (Lipinski definition) is 0. The maximum Gasteiger partial charge on any atom is 0.0513 e. The summed E-state index contributed by atoms with van der Waals surface area (Å²) in [6, 6.07) is 0. The number of rotatable bonds is 0. The lowest BCUT2D eigenvalue weighted by Crippen LogP contribution is -2.08. The average molecular weight is 131 g/mol. The van der Waals surface area contributed by atoms with Gasteiger partial charge >= 0.3 is 0 Å². The molecule has 1 nitrogen and oxygen atoms in total. The molecule has 0 aromatic rings. The number of aliphatic imine (C=N–C) groups is 1. The molecule has 0 aromatic heterocycles. The van der Waals surface area contributed by atoms with Crippen molar-refractivity contribution in [3.05, 3.63) is 36.1 Å². The van der Waals surface area contributed by atoms with Crippen molar-refractivity contribution < 1.29 is 0 Å². The van der Waals surface area contributed by atoms with Crippen LogP contribution in [0.1, 0.15) is 6.92 Å². The van der Waals surface area contributed by atoms with E-state index < -0.39 is 0 Å². The molecule has 0 saturated heterocycles. The monoisotopic (exact) mass is 131 g/mol. The molecule has 0 saturated carbocycles. The fourth-order valence-electron chi connectivity index (χ4n) is 1.30. The van der Waals surface area contributed by atoms with Crippen molar-refractivity contribution >= 4 is 5.71 Å². The van der Waals surface area contributed by atoms with Gasteiger partial charge < -0.3 is 0 Å². The largest absolute Gasteiger partial charge is 0.260 e. The molecule has 0 N–H and O–H groups in total. The first-order valence-electron chi connectivity index (χ1n) is 3.47. The molecule has 0 amide bonds. The first-order chi connectivity index (χ1) is 4.88. The number of allylic oxidation sites excluding steroid dienone is 5. The van der Waals surface area contributed by atoms with Gasteiger partial charge in [-0.15, -0.1) is 0 Å².